The van der Waals surface area contributed by atoms with Gasteiger partial charge in [0.2, 0.25) is 0 Å². The molecule has 0 aliphatic rings. The van der Waals surface area contributed by atoms with Gasteiger partial charge in [-0.1, -0.05) is 91.0 Å². The Morgan fingerprint density at radius 1 is 0.806 bits per heavy atom. The maximum Gasteiger partial charge on any atom is 0.302 e. The van der Waals surface area contributed by atoms with Crippen molar-refractivity contribution in [2.45, 2.75) is 37.9 Å². The van der Waals surface area contributed by atoms with E-state index < -0.39 is 11.7 Å². The average Bonchev–Trinajstić information content (AvgIpc) is 2.82. The van der Waals surface area contributed by atoms with E-state index in [9.17, 15) is 9.90 Å². The van der Waals surface area contributed by atoms with E-state index in [1.807, 2.05) is 54.6 Å². The topological polar surface area (TPSA) is 55.8 Å². The molecule has 3 aromatic rings. The lowest BCUT2D eigenvalue weighted by molar-refractivity contribution is -0.148. The van der Waals surface area contributed by atoms with Gasteiger partial charge in [-0.2, -0.15) is 0 Å². The normalized spacial score (nSPS) is 12.3. The second-order valence-corrected chi connectivity index (χ2v) is 7.54. The minimum atomic E-state index is -0.726. The number of aliphatic hydroxyl groups excluding tert-OH is 1. The zero-order valence-corrected chi connectivity index (χ0v) is 17.9. The number of hydrogen-bond donors (Lipinski definition) is 1. The van der Waals surface area contributed by atoms with Crippen molar-refractivity contribution < 1.29 is 19.4 Å². The van der Waals surface area contributed by atoms with Crippen LogP contribution in [0.2, 0.25) is 0 Å². The third kappa shape index (κ3) is 5.81. The Labute approximate surface area is 184 Å². The minimum Gasteiger partial charge on any atom is -0.460 e. The summed E-state index contributed by atoms with van der Waals surface area (Å²) in [7, 11) is 0. The number of esters is 1. The van der Waals surface area contributed by atoms with E-state index in [1.54, 1.807) is 0 Å². The van der Waals surface area contributed by atoms with Crippen molar-refractivity contribution in [3.63, 3.8) is 0 Å². The van der Waals surface area contributed by atoms with Crippen molar-refractivity contribution in [2.75, 3.05) is 13.2 Å². The molecule has 31 heavy (non-hydrogen) atoms. The molecule has 3 aromatic carbocycles. The maximum atomic E-state index is 11.1. The van der Waals surface area contributed by atoms with Crippen molar-refractivity contribution in [1.82, 2.24) is 0 Å². The zero-order valence-electron chi connectivity index (χ0n) is 17.9. The zero-order chi connectivity index (χ0) is 21.9. The number of hydrogen-bond acceptors (Lipinski definition) is 4. The number of benzene rings is 3. The molecule has 0 aromatic heterocycles. The van der Waals surface area contributed by atoms with E-state index in [0.29, 0.717) is 13.0 Å². The Balaban J connectivity index is 1.84. The van der Waals surface area contributed by atoms with Crippen LogP contribution in [0.3, 0.4) is 0 Å². The van der Waals surface area contributed by atoms with Crippen LogP contribution >= 0.6 is 0 Å². The molecule has 0 radical (unpaired) electrons. The molecule has 1 atom stereocenters. The highest BCUT2D eigenvalue weighted by Crippen LogP contribution is 2.40. The Morgan fingerprint density at radius 2 is 1.26 bits per heavy atom. The van der Waals surface area contributed by atoms with E-state index >= 15 is 0 Å². The van der Waals surface area contributed by atoms with Gasteiger partial charge in [-0.25, -0.2) is 0 Å². The highest BCUT2D eigenvalue weighted by atomic mass is 16.5. The molecule has 1 N–H and O–H groups in total. The molecular weight excluding hydrogens is 388 g/mol. The number of ether oxygens (including phenoxy) is 2. The Hall–Kier alpha value is -2.95. The van der Waals surface area contributed by atoms with Crippen LogP contribution in [0.1, 0.15) is 42.9 Å². The third-order valence-electron chi connectivity index (χ3n) is 5.32. The molecule has 0 fully saturated rings. The van der Waals surface area contributed by atoms with Crippen molar-refractivity contribution >= 4 is 5.97 Å². The predicted molar refractivity (Wildman–Crippen MR) is 122 cm³/mol. The standard InChI is InChI=1S/C27H30O4/c1-22(29)31-26(21-28)19-11-12-20-30-27(23-13-5-2-6-14-23,24-15-7-3-8-16-24)25-17-9-4-10-18-25/h2-10,13-18,26,28H,11-12,19-21H2,1H3. The largest absolute Gasteiger partial charge is 0.460 e. The lowest BCUT2D eigenvalue weighted by Crippen LogP contribution is -2.33. The lowest BCUT2D eigenvalue weighted by Gasteiger charge is -2.36. The van der Waals surface area contributed by atoms with Gasteiger partial charge in [-0.05, 0) is 36.0 Å². The molecule has 3 rings (SSSR count). The number of aliphatic hydroxyl groups is 1. The molecule has 0 spiro atoms. The van der Waals surface area contributed by atoms with Crippen LogP contribution in [-0.4, -0.2) is 30.4 Å². The summed E-state index contributed by atoms with van der Waals surface area (Å²) >= 11 is 0. The molecule has 0 heterocycles. The summed E-state index contributed by atoms with van der Waals surface area (Å²) in [6, 6.07) is 30.8. The molecule has 0 amide bonds. The number of carbonyl (C=O) groups is 1. The van der Waals surface area contributed by atoms with E-state index in [2.05, 4.69) is 36.4 Å². The fourth-order valence-corrected chi connectivity index (χ4v) is 3.89. The molecule has 0 aliphatic carbocycles. The van der Waals surface area contributed by atoms with Crippen LogP contribution in [0.5, 0.6) is 0 Å². The van der Waals surface area contributed by atoms with E-state index in [1.165, 1.54) is 6.92 Å². The van der Waals surface area contributed by atoms with Crippen LogP contribution < -0.4 is 0 Å². The summed E-state index contributed by atoms with van der Waals surface area (Å²) in [4.78, 5) is 11.1. The highest BCUT2D eigenvalue weighted by molar-refractivity contribution is 5.66. The summed E-state index contributed by atoms with van der Waals surface area (Å²) in [6.45, 7) is 1.72. The molecule has 162 valence electrons. The summed E-state index contributed by atoms with van der Waals surface area (Å²) in [5.74, 6) is -0.369. The van der Waals surface area contributed by atoms with Crippen LogP contribution in [0.15, 0.2) is 91.0 Å². The van der Waals surface area contributed by atoms with Gasteiger partial charge >= 0.3 is 5.97 Å². The van der Waals surface area contributed by atoms with Crippen LogP contribution in [0.4, 0.5) is 0 Å². The van der Waals surface area contributed by atoms with Gasteiger partial charge in [0.1, 0.15) is 11.7 Å². The third-order valence-corrected chi connectivity index (χ3v) is 5.32. The molecule has 1 unspecified atom stereocenters. The summed E-state index contributed by atoms with van der Waals surface area (Å²) in [6.07, 6.45) is 1.72. The number of carbonyl (C=O) groups excluding carboxylic acids is 1. The van der Waals surface area contributed by atoms with Gasteiger partial charge in [0.25, 0.3) is 0 Å². The second kappa shape index (κ2) is 11.4. The van der Waals surface area contributed by atoms with Crippen molar-refractivity contribution in [3.8, 4) is 0 Å². The first kappa shape index (κ1) is 22.7. The van der Waals surface area contributed by atoms with Gasteiger partial charge in [0, 0.05) is 13.5 Å². The molecule has 0 aliphatic heterocycles. The maximum absolute atomic E-state index is 11.1. The minimum absolute atomic E-state index is 0.164. The first-order valence-electron chi connectivity index (χ1n) is 10.8. The first-order chi connectivity index (χ1) is 15.2. The Morgan fingerprint density at radius 3 is 1.65 bits per heavy atom. The van der Waals surface area contributed by atoms with Crippen molar-refractivity contribution in [2.24, 2.45) is 0 Å². The van der Waals surface area contributed by atoms with Crippen molar-refractivity contribution in [1.29, 1.82) is 0 Å². The molecule has 0 saturated carbocycles. The Kier molecular flexibility index (Phi) is 8.39. The highest BCUT2D eigenvalue weighted by Gasteiger charge is 2.37. The molecular formula is C27H30O4. The SMILES string of the molecule is CC(=O)OC(CO)CCCCOC(c1ccccc1)(c1ccccc1)c1ccccc1. The van der Waals surface area contributed by atoms with Gasteiger partial charge in [0.15, 0.2) is 0 Å². The van der Waals surface area contributed by atoms with E-state index in [0.717, 1.165) is 29.5 Å². The van der Waals surface area contributed by atoms with Crippen molar-refractivity contribution in [3.05, 3.63) is 108 Å². The average molecular weight is 419 g/mol. The first-order valence-corrected chi connectivity index (χ1v) is 10.8. The molecule has 0 saturated heterocycles. The van der Waals surface area contributed by atoms with Crippen LogP contribution in [-0.2, 0) is 19.9 Å². The molecule has 0 bridgehead atoms. The summed E-state index contributed by atoms with van der Waals surface area (Å²) in [5, 5.41) is 9.40. The number of rotatable bonds is 11. The predicted octanol–water partition coefficient (Wildman–Crippen LogP) is 5.09. The van der Waals surface area contributed by atoms with Gasteiger partial charge in [0.05, 0.1) is 6.61 Å². The second-order valence-electron chi connectivity index (χ2n) is 7.54. The fourth-order valence-electron chi connectivity index (χ4n) is 3.89. The quantitative estimate of drug-likeness (QED) is 0.268. The van der Waals surface area contributed by atoms with Gasteiger partial charge < -0.3 is 14.6 Å². The molecule has 4 nitrogen and oxygen atoms in total. The summed E-state index contributed by atoms with van der Waals surface area (Å²) < 4.78 is 11.8. The van der Waals surface area contributed by atoms with Crippen LogP contribution in [0, 0.1) is 0 Å². The van der Waals surface area contributed by atoms with Gasteiger partial charge in [-0.3, -0.25) is 4.79 Å². The lowest BCUT2D eigenvalue weighted by atomic mass is 9.80. The van der Waals surface area contributed by atoms with Crippen LogP contribution in [0.25, 0.3) is 0 Å². The van der Waals surface area contributed by atoms with E-state index in [4.69, 9.17) is 9.47 Å². The fraction of sp³-hybridized carbons (Fsp3) is 0.296. The van der Waals surface area contributed by atoms with E-state index in [-0.39, 0.29) is 12.6 Å². The summed E-state index contributed by atoms with van der Waals surface area (Å²) in [5.41, 5.74) is 2.48. The molecule has 4 heteroatoms. The Bertz CT molecular complexity index is 813. The number of unbranched alkanes of at least 4 members (excludes halogenated alkanes) is 1. The monoisotopic (exact) mass is 418 g/mol. The smallest absolute Gasteiger partial charge is 0.302 e. The van der Waals surface area contributed by atoms with Gasteiger partial charge in [-0.15, -0.1) is 0 Å².